The molecule has 0 fully saturated rings. The molecule has 0 N–H and O–H groups in total. The number of hydrogen-bond donors (Lipinski definition) is 0. The van der Waals surface area contributed by atoms with Crippen LogP contribution in [0.25, 0.3) is 0 Å². The molecule has 1 aromatic rings. The highest BCUT2D eigenvalue weighted by Gasteiger charge is 2.43. The molecule has 0 radical (unpaired) electrons. The molecule has 0 bridgehead atoms. The molecule has 1 aliphatic heterocycles. The smallest absolute Gasteiger partial charge is 0.414 e. The normalized spacial score (nSPS) is 15.6. The van der Waals surface area contributed by atoms with Crippen LogP contribution in [0, 0.1) is 0 Å². The fourth-order valence-corrected chi connectivity index (χ4v) is 2.08. The van der Waals surface area contributed by atoms with E-state index in [1.807, 2.05) is 0 Å². The number of benzene rings is 1. The van der Waals surface area contributed by atoms with Gasteiger partial charge in [-0.1, -0.05) is 12.1 Å². The van der Waals surface area contributed by atoms with E-state index in [2.05, 4.69) is 4.52 Å². The van der Waals surface area contributed by atoms with Crippen LogP contribution >= 0.6 is 8.60 Å². The fraction of sp³-hybridized carbons (Fsp3) is 0.333. The first kappa shape index (κ1) is 12.4. The zero-order chi connectivity index (χ0) is 12.5. The van der Waals surface area contributed by atoms with Crippen molar-refractivity contribution in [3.05, 3.63) is 24.3 Å². The molecule has 2 rings (SSSR count). The van der Waals surface area contributed by atoms with Gasteiger partial charge < -0.3 is 9.05 Å². The van der Waals surface area contributed by atoms with Crippen LogP contribution in [0.1, 0.15) is 0 Å². The van der Waals surface area contributed by atoms with Gasteiger partial charge in [0, 0.05) is 0 Å². The van der Waals surface area contributed by atoms with Gasteiger partial charge >= 0.3 is 21.0 Å². The highest BCUT2D eigenvalue weighted by atomic mass is 31.2. The Kier molecular flexibility index (Phi) is 3.40. The molecule has 0 atom stereocenters. The first-order chi connectivity index (χ1) is 7.99. The Bertz CT molecular complexity index is 377. The van der Waals surface area contributed by atoms with Gasteiger partial charge in [-0.15, -0.1) is 0 Å². The topological polar surface area (TPSA) is 27.7 Å². The molecule has 0 unspecified atom stereocenters. The van der Waals surface area contributed by atoms with Crippen molar-refractivity contribution in [2.24, 2.45) is 0 Å². The van der Waals surface area contributed by atoms with Gasteiger partial charge in [0.25, 0.3) is 0 Å². The monoisotopic (exact) mass is 270 g/mol. The maximum atomic E-state index is 12.6. The van der Waals surface area contributed by atoms with Gasteiger partial charge in [-0.05, 0) is 12.1 Å². The average molecular weight is 270 g/mol. The lowest BCUT2D eigenvalue weighted by Crippen LogP contribution is -2.31. The number of para-hydroxylation sites is 2. The molecule has 0 amide bonds. The Morgan fingerprint density at radius 1 is 1.18 bits per heavy atom. The van der Waals surface area contributed by atoms with Crippen molar-refractivity contribution in [1.29, 1.82) is 0 Å². The van der Waals surface area contributed by atoms with E-state index >= 15 is 0 Å². The first-order valence-electron chi connectivity index (χ1n) is 4.53. The van der Waals surface area contributed by atoms with Gasteiger partial charge in [-0.2, -0.15) is 8.78 Å². The summed E-state index contributed by atoms with van der Waals surface area (Å²) in [7, 11) is -2.07. The number of halogens is 4. The molecular formula is C9H7F4O3P. The molecule has 1 heterocycles. The summed E-state index contributed by atoms with van der Waals surface area (Å²) in [6, 6.07) is 6.45. The Labute approximate surface area is 95.3 Å². The Balaban J connectivity index is 1.88. The molecule has 94 valence electrons. The summed E-state index contributed by atoms with van der Waals surface area (Å²) in [5.41, 5.74) is 0. The van der Waals surface area contributed by atoms with E-state index in [0.29, 0.717) is 11.5 Å². The molecule has 3 nitrogen and oxygen atoms in total. The van der Waals surface area contributed by atoms with Gasteiger partial charge in [-0.3, -0.25) is 4.52 Å². The summed E-state index contributed by atoms with van der Waals surface area (Å²) in [4.78, 5) is 0. The fourth-order valence-electron chi connectivity index (χ4n) is 1.03. The molecule has 0 aromatic heterocycles. The molecule has 0 saturated carbocycles. The third-order valence-corrected chi connectivity index (χ3v) is 2.91. The molecule has 1 aromatic carbocycles. The summed E-state index contributed by atoms with van der Waals surface area (Å²) < 4.78 is 63.3. The van der Waals surface area contributed by atoms with E-state index in [-0.39, 0.29) is 0 Å². The predicted molar refractivity (Wildman–Crippen MR) is 51.5 cm³/mol. The first-order valence-corrected chi connectivity index (χ1v) is 5.62. The Morgan fingerprint density at radius 2 is 1.71 bits per heavy atom. The van der Waals surface area contributed by atoms with Crippen LogP contribution in [0.2, 0.25) is 0 Å². The van der Waals surface area contributed by atoms with Crippen molar-refractivity contribution in [2.75, 3.05) is 6.61 Å². The lowest BCUT2D eigenvalue weighted by Gasteiger charge is -2.15. The predicted octanol–water partition coefficient (Wildman–Crippen LogP) is 3.60. The van der Waals surface area contributed by atoms with Crippen LogP contribution in [-0.2, 0) is 4.52 Å². The maximum absolute atomic E-state index is 12.6. The van der Waals surface area contributed by atoms with E-state index in [9.17, 15) is 17.6 Å². The summed E-state index contributed by atoms with van der Waals surface area (Å²) in [6.45, 7) is -1.44. The van der Waals surface area contributed by atoms with Crippen molar-refractivity contribution < 1.29 is 31.1 Å². The molecule has 0 spiro atoms. The third-order valence-electron chi connectivity index (χ3n) is 1.88. The number of rotatable bonds is 4. The van der Waals surface area contributed by atoms with Crippen molar-refractivity contribution >= 4 is 8.60 Å². The standard InChI is InChI=1S/C9H7F4O3P/c10-8(11)9(12,13)5-14-17-15-6-3-1-2-4-7(6)16-17/h1-4,8H,5H2. The van der Waals surface area contributed by atoms with E-state index in [0.717, 1.165) is 0 Å². The van der Waals surface area contributed by atoms with E-state index < -0.39 is 27.6 Å². The summed E-state index contributed by atoms with van der Waals surface area (Å²) in [6.07, 6.45) is -3.78. The van der Waals surface area contributed by atoms with E-state index in [1.54, 1.807) is 24.3 Å². The minimum atomic E-state index is -4.20. The molecule has 1 aliphatic rings. The van der Waals surface area contributed by atoms with Gasteiger partial charge in [0.15, 0.2) is 11.5 Å². The second kappa shape index (κ2) is 4.66. The lowest BCUT2D eigenvalue weighted by molar-refractivity contribution is -0.148. The minimum Gasteiger partial charge on any atom is -0.414 e. The third kappa shape index (κ3) is 2.79. The molecule has 8 heteroatoms. The Morgan fingerprint density at radius 3 is 2.18 bits per heavy atom. The summed E-state index contributed by atoms with van der Waals surface area (Å²) in [5.74, 6) is -3.51. The minimum absolute atomic E-state index is 0.346. The molecule has 0 saturated heterocycles. The van der Waals surface area contributed by atoms with Gasteiger partial charge in [0.1, 0.15) is 6.61 Å². The zero-order valence-electron chi connectivity index (χ0n) is 8.28. The molecule has 0 aliphatic carbocycles. The Hall–Kier alpha value is -1.07. The molecular weight excluding hydrogens is 263 g/mol. The maximum Gasteiger partial charge on any atom is 0.463 e. The van der Waals surface area contributed by atoms with Crippen molar-refractivity contribution in [3.63, 3.8) is 0 Å². The van der Waals surface area contributed by atoms with Crippen LogP contribution in [0.5, 0.6) is 11.5 Å². The van der Waals surface area contributed by atoms with Crippen molar-refractivity contribution in [1.82, 2.24) is 0 Å². The van der Waals surface area contributed by atoms with Gasteiger partial charge in [-0.25, -0.2) is 8.78 Å². The van der Waals surface area contributed by atoms with E-state index in [1.165, 1.54) is 0 Å². The number of hydrogen-bond acceptors (Lipinski definition) is 3. The van der Waals surface area contributed by atoms with Gasteiger partial charge in [0.05, 0.1) is 0 Å². The summed E-state index contributed by atoms with van der Waals surface area (Å²) >= 11 is 0. The summed E-state index contributed by atoms with van der Waals surface area (Å²) in [5, 5.41) is 0. The number of alkyl halides is 4. The van der Waals surface area contributed by atoms with Gasteiger partial charge in [0.2, 0.25) is 0 Å². The van der Waals surface area contributed by atoms with Crippen molar-refractivity contribution in [3.8, 4) is 11.5 Å². The highest BCUT2D eigenvalue weighted by Crippen LogP contribution is 2.53. The second-order valence-electron chi connectivity index (χ2n) is 3.19. The SMILES string of the molecule is FC(F)C(F)(F)COP1Oc2ccccc2O1. The van der Waals surface area contributed by atoms with Crippen LogP contribution in [0.15, 0.2) is 24.3 Å². The number of fused-ring (bicyclic) bond motifs is 1. The zero-order valence-corrected chi connectivity index (χ0v) is 9.17. The quantitative estimate of drug-likeness (QED) is 0.618. The van der Waals surface area contributed by atoms with Crippen LogP contribution < -0.4 is 9.05 Å². The van der Waals surface area contributed by atoms with E-state index in [4.69, 9.17) is 9.05 Å². The highest BCUT2D eigenvalue weighted by molar-refractivity contribution is 7.43. The average Bonchev–Trinajstić information content (AvgIpc) is 2.69. The largest absolute Gasteiger partial charge is 0.463 e. The van der Waals surface area contributed by atoms with Crippen LogP contribution in [0.3, 0.4) is 0 Å². The van der Waals surface area contributed by atoms with Crippen molar-refractivity contribution in [2.45, 2.75) is 12.3 Å². The van der Waals surface area contributed by atoms with Crippen LogP contribution in [-0.4, -0.2) is 19.0 Å². The van der Waals surface area contributed by atoms with Crippen LogP contribution in [0.4, 0.5) is 17.6 Å². The lowest BCUT2D eigenvalue weighted by atomic mass is 10.3. The second-order valence-corrected chi connectivity index (χ2v) is 4.26. The molecule has 17 heavy (non-hydrogen) atoms.